The first-order valence-electron chi connectivity index (χ1n) is 5.81. The van der Waals surface area contributed by atoms with E-state index in [1.165, 1.54) is 12.3 Å². The summed E-state index contributed by atoms with van der Waals surface area (Å²) in [6.07, 6.45) is -9.72. The highest BCUT2D eigenvalue weighted by Gasteiger charge is 2.69. The molecule has 0 radical (unpaired) electrons. The van der Waals surface area contributed by atoms with E-state index in [4.69, 9.17) is 9.84 Å². The first-order chi connectivity index (χ1) is 9.24. The van der Waals surface area contributed by atoms with Gasteiger partial charge < -0.3 is 30.1 Å². The SMILES string of the molecule is OC[C@@]1(C(F)(F)F)O[C@@H](N2C=CCNC2O)[C@H](O)[C@@H]1O. The Kier molecular flexibility index (Phi) is 3.97. The van der Waals surface area contributed by atoms with Crippen LogP contribution in [0.5, 0.6) is 0 Å². The van der Waals surface area contributed by atoms with Gasteiger partial charge in [-0.25, -0.2) is 0 Å². The van der Waals surface area contributed by atoms with Gasteiger partial charge in [0.05, 0.1) is 6.61 Å². The Morgan fingerprint density at radius 1 is 1.35 bits per heavy atom. The van der Waals surface area contributed by atoms with Crippen molar-refractivity contribution in [2.45, 2.75) is 36.6 Å². The maximum atomic E-state index is 13.0. The minimum atomic E-state index is -5.09. The predicted molar refractivity (Wildman–Crippen MR) is 57.7 cm³/mol. The summed E-state index contributed by atoms with van der Waals surface area (Å²) in [5.41, 5.74) is -3.29. The van der Waals surface area contributed by atoms with Gasteiger partial charge in [0.25, 0.3) is 0 Å². The van der Waals surface area contributed by atoms with Crippen LogP contribution in [0.25, 0.3) is 0 Å². The zero-order valence-electron chi connectivity index (χ0n) is 10.2. The summed E-state index contributed by atoms with van der Waals surface area (Å²) in [5.74, 6) is 0. The summed E-state index contributed by atoms with van der Waals surface area (Å²) < 4.78 is 43.7. The lowest BCUT2D eigenvalue weighted by Crippen LogP contribution is -2.57. The summed E-state index contributed by atoms with van der Waals surface area (Å²) in [6, 6.07) is 0. The van der Waals surface area contributed by atoms with E-state index in [2.05, 4.69) is 5.32 Å². The van der Waals surface area contributed by atoms with Crippen LogP contribution in [0.1, 0.15) is 0 Å². The molecule has 0 amide bonds. The summed E-state index contributed by atoms with van der Waals surface area (Å²) in [4.78, 5) is 0.889. The minimum Gasteiger partial charge on any atom is -0.393 e. The number of hydrogen-bond donors (Lipinski definition) is 5. The number of aliphatic hydroxyl groups is 4. The summed E-state index contributed by atoms with van der Waals surface area (Å²) in [7, 11) is 0. The monoisotopic (exact) mass is 300 g/mol. The van der Waals surface area contributed by atoms with Gasteiger partial charge in [0, 0.05) is 12.7 Å². The molecular weight excluding hydrogens is 285 g/mol. The standard InChI is InChI=1S/C10H15F3N2O5/c11-10(12,13)9(4-16)6(18)5(17)7(20-9)15-3-1-2-14-8(15)19/h1,3,5-8,14,16-19H,2,4H2/t5-,6+,7-,8?,9-/m1/s1. The van der Waals surface area contributed by atoms with E-state index in [-0.39, 0.29) is 6.54 Å². The molecule has 10 heteroatoms. The average molecular weight is 300 g/mol. The average Bonchev–Trinajstić information content (AvgIpc) is 2.64. The topological polar surface area (TPSA) is 105 Å². The molecule has 1 saturated heterocycles. The Morgan fingerprint density at radius 3 is 2.45 bits per heavy atom. The molecule has 1 fully saturated rings. The van der Waals surface area contributed by atoms with E-state index >= 15 is 0 Å². The van der Waals surface area contributed by atoms with Crippen LogP contribution in [-0.2, 0) is 4.74 Å². The van der Waals surface area contributed by atoms with Crippen LogP contribution in [0, 0.1) is 0 Å². The van der Waals surface area contributed by atoms with Gasteiger partial charge in [-0.1, -0.05) is 6.08 Å². The van der Waals surface area contributed by atoms with E-state index in [0.29, 0.717) is 0 Å². The fourth-order valence-electron chi connectivity index (χ4n) is 2.24. The van der Waals surface area contributed by atoms with Crippen LogP contribution < -0.4 is 5.32 Å². The summed E-state index contributed by atoms with van der Waals surface area (Å²) >= 11 is 0. The van der Waals surface area contributed by atoms with Crippen molar-refractivity contribution in [2.24, 2.45) is 0 Å². The fourth-order valence-corrected chi connectivity index (χ4v) is 2.24. The molecule has 2 rings (SSSR count). The molecule has 2 heterocycles. The molecule has 7 nitrogen and oxygen atoms in total. The van der Waals surface area contributed by atoms with Crippen molar-refractivity contribution in [1.29, 1.82) is 0 Å². The number of ether oxygens (including phenoxy) is 1. The zero-order chi connectivity index (χ0) is 15.1. The Bertz CT molecular complexity index is 394. The van der Waals surface area contributed by atoms with E-state index in [0.717, 1.165) is 4.90 Å². The second kappa shape index (κ2) is 5.13. The van der Waals surface area contributed by atoms with E-state index in [1.54, 1.807) is 0 Å². The molecule has 0 bridgehead atoms. The normalized spacial score (nSPS) is 42.2. The fraction of sp³-hybridized carbons (Fsp3) is 0.800. The van der Waals surface area contributed by atoms with Crippen LogP contribution in [0.3, 0.4) is 0 Å². The maximum absolute atomic E-state index is 13.0. The van der Waals surface area contributed by atoms with Gasteiger partial charge in [0.1, 0.15) is 12.2 Å². The molecule has 5 atom stereocenters. The van der Waals surface area contributed by atoms with Gasteiger partial charge in [-0.05, 0) is 0 Å². The highest BCUT2D eigenvalue weighted by Crippen LogP contribution is 2.44. The molecular formula is C10H15F3N2O5. The number of halogens is 3. The Hall–Kier alpha value is -0.910. The quantitative estimate of drug-likeness (QED) is 0.404. The van der Waals surface area contributed by atoms with Gasteiger partial charge in [-0.15, -0.1) is 0 Å². The molecule has 0 aromatic heterocycles. The van der Waals surface area contributed by atoms with Crippen molar-refractivity contribution in [3.63, 3.8) is 0 Å². The lowest BCUT2D eigenvalue weighted by atomic mass is 9.95. The van der Waals surface area contributed by atoms with Crippen molar-refractivity contribution in [1.82, 2.24) is 10.2 Å². The summed E-state index contributed by atoms with van der Waals surface area (Å²) in [6.45, 7) is -1.26. The smallest absolute Gasteiger partial charge is 0.393 e. The summed E-state index contributed by atoms with van der Waals surface area (Å²) in [5, 5.41) is 40.5. The Labute approximate surface area is 111 Å². The van der Waals surface area contributed by atoms with Crippen molar-refractivity contribution in [3.05, 3.63) is 12.3 Å². The number of rotatable bonds is 2. The number of aliphatic hydroxyl groups excluding tert-OH is 4. The molecule has 116 valence electrons. The van der Waals surface area contributed by atoms with Crippen LogP contribution in [-0.4, -0.2) is 75.0 Å². The van der Waals surface area contributed by atoms with Crippen molar-refractivity contribution < 1.29 is 38.3 Å². The zero-order valence-corrected chi connectivity index (χ0v) is 10.2. The van der Waals surface area contributed by atoms with Crippen LogP contribution in [0.15, 0.2) is 12.3 Å². The van der Waals surface area contributed by atoms with E-state index in [1.807, 2.05) is 0 Å². The molecule has 0 aromatic rings. The lowest BCUT2D eigenvalue weighted by Gasteiger charge is -2.37. The molecule has 0 aliphatic carbocycles. The number of hydrogen-bond acceptors (Lipinski definition) is 7. The van der Waals surface area contributed by atoms with Crippen LogP contribution in [0.4, 0.5) is 13.2 Å². The van der Waals surface area contributed by atoms with Crippen molar-refractivity contribution in [3.8, 4) is 0 Å². The third kappa shape index (κ3) is 2.18. The number of alkyl halides is 3. The third-order valence-electron chi connectivity index (χ3n) is 3.41. The van der Waals surface area contributed by atoms with Crippen molar-refractivity contribution in [2.75, 3.05) is 13.2 Å². The molecule has 20 heavy (non-hydrogen) atoms. The first-order valence-corrected chi connectivity index (χ1v) is 5.81. The van der Waals surface area contributed by atoms with E-state index < -0.39 is 43.2 Å². The predicted octanol–water partition coefficient (Wildman–Crippen LogP) is -1.95. The van der Waals surface area contributed by atoms with Gasteiger partial charge in [0.2, 0.25) is 5.60 Å². The van der Waals surface area contributed by atoms with Gasteiger partial charge in [-0.3, -0.25) is 5.32 Å². The molecule has 2 aliphatic heterocycles. The first kappa shape index (κ1) is 15.5. The lowest BCUT2D eigenvalue weighted by molar-refractivity contribution is -0.311. The molecule has 5 N–H and O–H groups in total. The van der Waals surface area contributed by atoms with Gasteiger partial charge in [-0.2, -0.15) is 13.2 Å². The molecule has 1 unspecified atom stereocenters. The highest BCUT2D eigenvalue weighted by atomic mass is 19.4. The molecule has 0 aromatic carbocycles. The Morgan fingerprint density at radius 2 is 2.00 bits per heavy atom. The van der Waals surface area contributed by atoms with Crippen LogP contribution in [0.2, 0.25) is 0 Å². The number of nitrogens with one attached hydrogen (secondary N) is 1. The number of nitrogens with zero attached hydrogens (tertiary/aromatic N) is 1. The minimum absolute atomic E-state index is 0.285. The highest BCUT2D eigenvalue weighted by molar-refractivity contribution is 5.08. The van der Waals surface area contributed by atoms with Crippen LogP contribution >= 0.6 is 0 Å². The van der Waals surface area contributed by atoms with Gasteiger partial charge >= 0.3 is 6.18 Å². The molecule has 0 saturated carbocycles. The van der Waals surface area contributed by atoms with Gasteiger partial charge in [0.15, 0.2) is 12.6 Å². The maximum Gasteiger partial charge on any atom is 0.422 e. The largest absolute Gasteiger partial charge is 0.422 e. The van der Waals surface area contributed by atoms with Crippen molar-refractivity contribution >= 4 is 0 Å². The molecule has 2 aliphatic rings. The Balaban J connectivity index is 2.30. The second-order valence-corrected chi connectivity index (χ2v) is 4.60. The van der Waals surface area contributed by atoms with E-state index in [9.17, 15) is 28.5 Å². The third-order valence-corrected chi connectivity index (χ3v) is 3.41. The second-order valence-electron chi connectivity index (χ2n) is 4.60. The molecule has 0 spiro atoms.